The number of aliphatic imine (C=N–C) groups is 1. The standard InChI is InChI=1S/C20H35N5O.HI/c1-3-9-24-12-8-17(16-24)14-22-20(21-2)23-15-18(19-7-6-13-26-19)25-10-4-5-11-25;/h6-7,13,17-18H,3-5,8-12,14-16H2,1-2H3,(H2,21,22,23);1H. The second-order valence-corrected chi connectivity index (χ2v) is 7.56. The van der Waals surface area contributed by atoms with E-state index >= 15 is 0 Å². The van der Waals surface area contributed by atoms with E-state index in [1.807, 2.05) is 13.1 Å². The van der Waals surface area contributed by atoms with Crippen molar-refractivity contribution < 1.29 is 4.42 Å². The molecular weight excluding hydrogens is 453 g/mol. The summed E-state index contributed by atoms with van der Waals surface area (Å²) in [5, 5.41) is 7.05. The summed E-state index contributed by atoms with van der Waals surface area (Å²) in [5.74, 6) is 2.66. The first-order chi connectivity index (χ1) is 12.8. The van der Waals surface area contributed by atoms with Gasteiger partial charge in [-0.2, -0.15) is 0 Å². The lowest BCUT2D eigenvalue weighted by molar-refractivity contribution is 0.215. The van der Waals surface area contributed by atoms with E-state index in [-0.39, 0.29) is 30.0 Å². The fourth-order valence-corrected chi connectivity index (χ4v) is 4.20. The number of hydrogen-bond acceptors (Lipinski definition) is 4. The number of furan rings is 1. The molecule has 0 bridgehead atoms. The van der Waals surface area contributed by atoms with E-state index in [2.05, 4.69) is 38.4 Å². The molecule has 0 aromatic carbocycles. The molecule has 2 atom stereocenters. The Labute approximate surface area is 181 Å². The van der Waals surface area contributed by atoms with E-state index in [1.54, 1.807) is 6.26 Å². The highest BCUT2D eigenvalue weighted by Crippen LogP contribution is 2.24. The van der Waals surface area contributed by atoms with Crippen molar-refractivity contribution in [2.45, 2.75) is 38.6 Å². The van der Waals surface area contributed by atoms with Gasteiger partial charge in [-0.25, -0.2) is 0 Å². The summed E-state index contributed by atoms with van der Waals surface area (Å²) < 4.78 is 5.70. The number of halogens is 1. The Hall–Kier alpha value is -0.800. The van der Waals surface area contributed by atoms with Gasteiger partial charge >= 0.3 is 0 Å². The van der Waals surface area contributed by atoms with Gasteiger partial charge in [0.25, 0.3) is 0 Å². The molecule has 154 valence electrons. The fourth-order valence-electron chi connectivity index (χ4n) is 4.20. The summed E-state index contributed by atoms with van der Waals surface area (Å²) in [6.45, 7) is 10.0. The van der Waals surface area contributed by atoms with E-state index in [9.17, 15) is 0 Å². The predicted octanol–water partition coefficient (Wildman–Crippen LogP) is 2.93. The van der Waals surface area contributed by atoms with E-state index < -0.39 is 0 Å². The molecule has 0 amide bonds. The van der Waals surface area contributed by atoms with Gasteiger partial charge in [0.1, 0.15) is 5.76 Å². The molecule has 1 aromatic rings. The SMILES string of the molecule is CCCN1CCC(CNC(=NC)NCC(c2ccco2)N2CCCC2)C1.I. The van der Waals surface area contributed by atoms with Crippen molar-refractivity contribution >= 4 is 29.9 Å². The number of likely N-dealkylation sites (tertiary alicyclic amines) is 2. The van der Waals surface area contributed by atoms with Crippen LogP contribution in [0.25, 0.3) is 0 Å². The summed E-state index contributed by atoms with van der Waals surface area (Å²) in [6, 6.07) is 4.34. The number of hydrogen-bond donors (Lipinski definition) is 2. The summed E-state index contributed by atoms with van der Waals surface area (Å²) in [6.07, 6.45) is 6.86. The molecule has 27 heavy (non-hydrogen) atoms. The molecule has 0 spiro atoms. The molecule has 2 aliphatic rings. The van der Waals surface area contributed by atoms with Crippen molar-refractivity contribution in [1.82, 2.24) is 20.4 Å². The molecule has 2 aliphatic heterocycles. The Morgan fingerprint density at radius 2 is 2.11 bits per heavy atom. The van der Waals surface area contributed by atoms with Crippen LogP contribution in [0.15, 0.2) is 27.8 Å². The average molecular weight is 489 g/mol. The summed E-state index contributed by atoms with van der Waals surface area (Å²) >= 11 is 0. The van der Waals surface area contributed by atoms with E-state index in [0.29, 0.717) is 0 Å². The van der Waals surface area contributed by atoms with Gasteiger partial charge in [0.15, 0.2) is 5.96 Å². The number of nitrogens with one attached hydrogen (secondary N) is 2. The highest BCUT2D eigenvalue weighted by molar-refractivity contribution is 14.0. The lowest BCUT2D eigenvalue weighted by Crippen LogP contribution is -2.44. The molecular formula is C20H36IN5O. The zero-order chi connectivity index (χ0) is 18.2. The third kappa shape index (κ3) is 6.64. The van der Waals surface area contributed by atoms with Crippen LogP contribution < -0.4 is 10.6 Å². The number of nitrogens with zero attached hydrogens (tertiary/aromatic N) is 3. The maximum absolute atomic E-state index is 5.70. The van der Waals surface area contributed by atoms with Gasteiger partial charge in [0, 0.05) is 26.7 Å². The second-order valence-electron chi connectivity index (χ2n) is 7.56. The molecule has 2 fully saturated rings. The summed E-state index contributed by atoms with van der Waals surface area (Å²) in [5.41, 5.74) is 0. The highest BCUT2D eigenvalue weighted by atomic mass is 127. The maximum Gasteiger partial charge on any atom is 0.191 e. The number of rotatable bonds is 8. The molecule has 6 nitrogen and oxygen atoms in total. The Morgan fingerprint density at radius 1 is 1.30 bits per heavy atom. The Bertz CT molecular complexity index is 545. The van der Waals surface area contributed by atoms with Gasteiger partial charge < -0.3 is 20.0 Å². The van der Waals surface area contributed by atoms with Crippen LogP contribution in [-0.4, -0.2) is 68.6 Å². The Kier molecular flexibility index (Phi) is 9.92. The third-order valence-electron chi connectivity index (χ3n) is 5.61. The van der Waals surface area contributed by atoms with Crippen LogP contribution in [0.1, 0.15) is 44.4 Å². The lowest BCUT2D eigenvalue weighted by Gasteiger charge is -2.27. The molecule has 3 heterocycles. The maximum atomic E-state index is 5.70. The predicted molar refractivity (Wildman–Crippen MR) is 122 cm³/mol. The molecule has 7 heteroatoms. The average Bonchev–Trinajstić information content (AvgIpc) is 3.41. The van der Waals surface area contributed by atoms with Crippen LogP contribution in [0.2, 0.25) is 0 Å². The van der Waals surface area contributed by atoms with E-state index in [4.69, 9.17) is 4.42 Å². The smallest absolute Gasteiger partial charge is 0.191 e. The van der Waals surface area contributed by atoms with Gasteiger partial charge in [-0.05, 0) is 69.9 Å². The van der Waals surface area contributed by atoms with Crippen LogP contribution in [-0.2, 0) is 0 Å². The molecule has 2 saturated heterocycles. The second kappa shape index (κ2) is 11.9. The minimum absolute atomic E-state index is 0. The molecule has 0 radical (unpaired) electrons. The minimum Gasteiger partial charge on any atom is -0.468 e. The van der Waals surface area contributed by atoms with Crippen molar-refractivity contribution in [2.24, 2.45) is 10.9 Å². The zero-order valence-corrected chi connectivity index (χ0v) is 19.2. The zero-order valence-electron chi connectivity index (χ0n) is 16.8. The quantitative estimate of drug-likeness (QED) is 0.334. The summed E-state index contributed by atoms with van der Waals surface area (Å²) in [7, 11) is 1.85. The van der Waals surface area contributed by atoms with Crippen LogP contribution in [0.4, 0.5) is 0 Å². The van der Waals surface area contributed by atoms with Crippen LogP contribution in [0.5, 0.6) is 0 Å². The van der Waals surface area contributed by atoms with E-state index in [1.165, 1.54) is 45.3 Å². The first-order valence-electron chi connectivity index (χ1n) is 10.2. The van der Waals surface area contributed by atoms with Crippen LogP contribution in [0, 0.1) is 5.92 Å². The van der Waals surface area contributed by atoms with Gasteiger partial charge in [-0.3, -0.25) is 9.89 Å². The fraction of sp³-hybridized carbons (Fsp3) is 0.750. The van der Waals surface area contributed by atoms with Gasteiger partial charge in [-0.1, -0.05) is 6.92 Å². The first-order valence-corrected chi connectivity index (χ1v) is 10.2. The van der Waals surface area contributed by atoms with Gasteiger partial charge in [-0.15, -0.1) is 24.0 Å². The summed E-state index contributed by atoms with van der Waals surface area (Å²) in [4.78, 5) is 9.50. The van der Waals surface area contributed by atoms with E-state index in [0.717, 1.165) is 43.8 Å². The van der Waals surface area contributed by atoms with Crippen molar-refractivity contribution in [3.8, 4) is 0 Å². The molecule has 0 saturated carbocycles. The van der Waals surface area contributed by atoms with Crippen LogP contribution >= 0.6 is 24.0 Å². The normalized spacial score (nSPS) is 22.6. The molecule has 2 N–H and O–H groups in total. The third-order valence-corrected chi connectivity index (χ3v) is 5.61. The number of guanidine groups is 1. The topological polar surface area (TPSA) is 56.0 Å². The van der Waals surface area contributed by atoms with Crippen molar-refractivity contribution in [3.63, 3.8) is 0 Å². The monoisotopic (exact) mass is 489 g/mol. The lowest BCUT2D eigenvalue weighted by atomic mass is 10.1. The molecule has 2 unspecified atom stereocenters. The van der Waals surface area contributed by atoms with Crippen molar-refractivity contribution in [1.29, 1.82) is 0 Å². The largest absolute Gasteiger partial charge is 0.468 e. The Balaban J connectivity index is 0.00000261. The molecule has 0 aliphatic carbocycles. The van der Waals surface area contributed by atoms with Crippen molar-refractivity contribution in [3.05, 3.63) is 24.2 Å². The van der Waals surface area contributed by atoms with Gasteiger partial charge in [0.05, 0.1) is 12.3 Å². The van der Waals surface area contributed by atoms with Crippen molar-refractivity contribution in [2.75, 3.05) is 52.9 Å². The molecule has 1 aromatic heterocycles. The molecule has 3 rings (SSSR count). The highest BCUT2D eigenvalue weighted by Gasteiger charge is 2.26. The van der Waals surface area contributed by atoms with Gasteiger partial charge in [0.2, 0.25) is 0 Å². The van der Waals surface area contributed by atoms with Crippen LogP contribution in [0.3, 0.4) is 0 Å². The first kappa shape index (κ1) is 22.5. The minimum atomic E-state index is 0. The Morgan fingerprint density at radius 3 is 2.78 bits per heavy atom.